The lowest BCUT2D eigenvalue weighted by molar-refractivity contribution is -0.162. The first-order valence-electron chi connectivity index (χ1n) is 7.99. The van der Waals surface area contributed by atoms with Gasteiger partial charge in [0, 0.05) is 10.9 Å². The van der Waals surface area contributed by atoms with Crippen molar-refractivity contribution in [2.45, 2.75) is 46.3 Å². The van der Waals surface area contributed by atoms with Gasteiger partial charge < -0.3 is 4.74 Å². The number of carbonyl (C=O) groups excluding carboxylic acids is 2. The Morgan fingerprint density at radius 2 is 1.91 bits per heavy atom. The largest absolute Gasteiger partial charge is 0.445 e. The summed E-state index contributed by atoms with van der Waals surface area (Å²) in [5.41, 5.74) is 0.575. The molecule has 126 valence electrons. The Labute approximate surface area is 146 Å². The van der Waals surface area contributed by atoms with Crippen LogP contribution >= 0.6 is 15.9 Å². The van der Waals surface area contributed by atoms with Gasteiger partial charge in [-0.1, -0.05) is 28.1 Å². The standard InChI is InChI=1S/C18H24BrNO3/c1-18(2,3)17(22)23-16-14(10-11-20-16)15(21)9-6-12-4-7-13(19)8-5-12/h4-5,7-8,14,16,20H,6,9-11H2,1-3H3/t14-,16?/m1/s1. The summed E-state index contributed by atoms with van der Waals surface area (Å²) >= 11 is 3.40. The quantitative estimate of drug-likeness (QED) is 0.793. The van der Waals surface area contributed by atoms with Gasteiger partial charge in [0.1, 0.15) is 5.78 Å². The second-order valence-electron chi connectivity index (χ2n) is 7.02. The molecule has 1 aromatic carbocycles. The number of halogens is 1. The molecule has 0 aliphatic carbocycles. The fourth-order valence-electron chi connectivity index (χ4n) is 2.52. The Balaban J connectivity index is 1.90. The number of benzene rings is 1. The molecular formula is C18H24BrNO3. The van der Waals surface area contributed by atoms with Crippen LogP contribution in [-0.2, 0) is 20.7 Å². The van der Waals surface area contributed by atoms with E-state index in [0.29, 0.717) is 19.4 Å². The monoisotopic (exact) mass is 381 g/mol. The van der Waals surface area contributed by atoms with Crippen LogP contribution < -0.4 is 5.32 Å². The second kappa shape index (κ2) is 7.58. The van der Waals surface area contributed by atoms with E-state index in [1.54, 1.807) is 0 Å². The van der Waals surface area contributed by atoms with Crippen molar-refractivity contribution in [2.24, 2.45) is 11.3 Å². The van der Waals surface area contributed by atoms with Crippen LogP contribution in [0.1, 0.15) is 39.2 Å². The van der Waals surface area contributed by atoms with Crippen molar-refractivity contribution >= 4 is 27.7 Å². The summed E-state index contributed by atoms with van der Waals surface area (Å²) in [4.78, 5) is 24.5. The molecule has 0 aromatic heterocycles. The third-order valence-electron chi connectivity index (χ3n) is 4.00. The summed E-state index contributed by atoms with van der Waals surface area (Å²) in [5, 5.41) is 3.13. The second-order valence-corrected chi connectivity index (χ2v) is 7.93. The highest BCUT2D eigenvalue weighted by atomic mass is 79.9. The lowest BCUT2D eigenvalue weighted by Crippen LogP contribution is -2.39. The van der Waals surface area contributed by atoms with Crippen molar-refractivity contribution in [3.05, 3.63) is 34.3 Å². The van der Waals surface area contributed by atoms with Crippen molar-refractivity contribution < 1.29 is 14.3 Å². The minimum absolute atomic E-state index is 0.157. The van der Waals surface area contributed by atoms with Gasteiger partial charge in [-0.2, -0.15) is 0 Å². The van der Waals surface area contributed by atoms with Crippen LogP contribution in [0.15, 0.2) is 28.7 Å². The van der Waals surface area contributed by atoms with E-state index in [1.807, 2.05) is 45.0 Å². The van der Waals surface area contributed by atoms with Gasteiger partial charge in [-0.3, -0.25) is 14.9 Å². The average Bonchev–Trinajstić information content (AvgIpc) is 2.93. The van der Waals surface area contributed by atoms with E-state index in [1.165, 1.54) is 0 Å². The topological polar surface area (TPSA) is 55.4 Å². The van der Waals surface area contributed by atoms with Gasteiger partial charge in [0.15, 0.2) is 6.23 Å². The summed E-state index contributed by atoms with van der Waals surface area (Å²) in [6.07, 6.45) is 1.42. The van der Waals surface area contributed by atoms with Crippen molar-refractivity contribution in [3.8, 4) is 0 Å². The molecule has 1 unspecified atom stereocenters. The van der Waals surface area contributed by atoms with E-state index in [2.05, 4.69) is 21.2 Å². The molecule has 0 spiro atoms. The lowest BCUT2D eigenvalue weighted by atomic mass is 9.95. The van der Waals surface area contributed by atoms with Crippen molar-refractivity contribution in [1.29, 1.82) is 0 Å². The molecule has 1 fully saturated rings. The van der Waals surface area contributed by atoms with E-state index in [9.17, 15) is 9.59 Å². The fraction of sp³-hybridized carbons (Fsp3) is 0.556. The van der Waals surface area contributed by atoms with Crippen LogP contribution in [0.3, 0.4) is 0 Å². The van der Waals surface area contributed by atoms with Crippen LogP contribution in [0, 0.1) is 11.3 Å². The highest BCUT2D eigenvalue weighted by molar-refractivity contribution is 9.10. The molecule has 1 saturated heterocycles. The Morgan fingerprint density at radius 3 is 2.52 bits per heavy atom. The average molecular weight is 382 g/mol. The molecule has 1 aromatic rings. The third kappa shape index (κ3) is 5.15. The summed E-state index contributed by atoms with van der Waals surface area (Å²) in [6, 6.07) is 7.98. The smallest absolute Gasteiger partial charge is 0.312 e. The highest BCUT2D eigenvalue weighted by Crippen LogP contribution is 2.24. The number of hydrogen-bond acceptors (Lipinski definition) is 4. The molecule has 0 amide bonds. The molecule has 1 N–H and O–H groups in total. The number of ketones is 1. The Hall–Kier alpha value is -1.20. The molecule has 2 atom stereocenters. The van der Waals surface area contributed by atoms with Gasteiger partial charge >= 0.3 is 5.97 Å². The molecule has 1 aliphatic heterocycles. The summed E-state index contributed by atoms with van der Waals surface area (Å²) in [6.45, 7) is 6.15. The number of hydrogen-bond donors (Lipinski definition) is 1. The van der Waals surface area contributed by atoms with Crippen LogP contribution in [0.25, 0.3) is 0 Å². The SMILES string of the molecule is CC(C)(C)C(=O)OC1NCC[C@@H]1C(=O)CCc1ccc(Br)cc1. The molecule has 0 saturated carbocycles. The maximum atomic E-state index is 12.5. The zero-order valence-corrected chi connectivity index (χ0v) is 15.5. The summed E-state index contributed by atoms with van der Waals surface area (Å²) < 4.78 is 6.53. The Morgan fingerprint density at radius 1 is 1.26 bits per heavy atom. The van der Waals surface area contributed by atoms with E-state index in [-0.39, 0.29) is 17.7 Å². The number of Topliss-reactive ketones (excluding diaryl/α,β-unsaturated/α-hetero) is 1. The van der Waals surface area contributed by atoms with Gasteiger partial charge in [0.05, 0.1) is 11.3 Å². The van der Waals surface area contributed by atoms with E-state index in [4.69, 9.17) is 4.74 Å². The van der Waals surface area contributed by atoms with Gasteiger partial charge in [0.2, 0.25) is 0 Å². The van der Waals surface area contributed by atoms with Gasteiger partial charge in [-0.15, -0.1) is 0 Å². The summed E-state index contributed by atoms with van der Waals surface area (Å²) in [7, 11) is 0. The predicted molar refractivity (Wildman–Crippen MR) is 92.9 cm³/mol. The first-order chi connectivity index (χ1) is 10.8. The van der Waals surface area contributed by atoms with Crippen molar-refractivity contribution in [3.63, 3.8) is 0 Å². The van der Waals surface area contributed by atoms with E-state index < -0.39 is 11.6 Å². The molecule has 23 heavy (non-hydrogen) atoms. The molecule has 4 nitrogen and oxygen atoms in total. The highest BCUT2D eigenvalue weighted by Gasteiger charge is 2.37. The number of aryl methyl sites for hydroxylation is 1. The molecule has 5 heteroatoms. The molecule has 0 bridgehead atoms. The number of esters is 1. The van der Waals surface area contributed by atoms with Crippen LogP contribution in [0.5, 0.6) is 0 Å². The first-order valence-corrected chi connectivity index (χ1v) is 8.78. The molecule has 1 aliphatic rings. The van der Waals surface area contributed by atoms with Crippen LogP contribution in [0.4, 0.5) is 0 Å². The Kier molecular flexibility index (Phi) is 5.98. The Bertz CT molecular complexity index is 563. The molecule has 0 radical (unpaired) electrons. The van der Waals surface area contributed by atoms with Crippen molar-refractivity contribution in [1.82, 2.24) is 5.32 Å². The molecule has 1 heterocycles. The zero-order chi connectivity index (χ0) is 17.0. The third-order valence-corrected chi connectivity index (χ3v) is 4.53. The minimum atomic E-state index is -0.560. The predicted octanol–water partition coefficient (Wildman–Crippen LogP) is 3.48. The minimum Gasteiger partial charge on any atom is -0.445 e. The van der Waals surface area contributed by atoms with Crippen LogP contribution in [-0.4, -0.2) is 24.5 Å². The number of ether oxygens (including phenoxy) is 1. The molecule has 2 rings (SSSR count). The maximum absolute atomic E-state index is 12.5. The first kappa shape index (κ1) is 18.1. The van der Waals surface area contributed by atoms with Gasteiger partial charge in [0.25, 0.3) is 0 Å². The van der Waals surface area contributed by atoms with E-state index in [0.717, 1.165) is 16.5 Å². The van der Waals surface area contributed by atoms with Crippen molar-refractivity contribution in [2.75, 3.05) is 6.54 Å². The number of rotatable bonds is 5. The number of nitrogens with one attached hydrogen (secondary N) is 1. The fourth-order valence-corrected chi connectivity index (χ4v) is 2.79. The normalized spacial score (nSPS) is 21.2. The zero-order valence-electron chi connectivity index (χ0n) is 13.9. The van der Waals surface area contributed by atoms with E-state index >= 15 is 0 Å². The van der Waals surface area contributed by atoms with Gasteiger partial charge in [-0.25, -0.2) is 0 Å². The maximum Gasteiger partial charge on any atom is 0.312 e. The van der Waals surface area contributed by atoms with Crippen LogP contribution in [0.2, 0.25) is 0 Å². The molecular weight excluding hydrogens is 358 g/mol. The van der Waals surface area contributed by atoms with Gasteiger partial charge in [-0.05, 0) is 57.9 Å². The number of carbonyl (C=O) groups is 2. The summed E-state index contributed by atoms with van der Waals surface area (Å²) in [5.74, 6) is -0.357. The lowest BCUT2D eigenvalue weighted by Gasteiger charge is -2.24.